The molecule has 162 valence electrons. The second-order valence-corrected chi connectivity index (χ2v) is 8.34. The van der Waals surface area contributed by atoms with Crippen molar-refractivity contribution >= 4 is 62.9 Å². The van der Waals surface area contributed by atoms with E-state index >= 15 is 0 Å². The molecular formula is C25H18Cl3NO3. The van der Waals surface area contributed by atoms with Gasteiger partial charge in [0.25, 0.3) is 0 Å². The van der Waals surface area contributed by atoms with Crippen LogP contribution in [0.3, 0.4) is 0 Å². The number of hydrogen-bond donors (Lipinski definition) is 1. The number of allylic oxidation sites excluding steroid dienone is 1. The van der Waals surface area contributed by atoms with Gasteiger partial charge < -0.3 is 14.5 Å². The number of furan rings is 1. The van der Waals surface area contributed by atoms with Gasteiger partial charge in [-0.3, -0.25) is 4.79 Å². The van der Waals surface area contributed by atoms with Crippen LogP contribution < -0.4 is 10.1 Å². The number of halogens is 3. The minimum Gasteiger partial charge on any atom is -0.496 e. The summed E-state index contributed by atoms with van der Waals surface area (Å²) in [6.07, 6.45) is 3.19. The van der Waals surface area contributed by atoms with Crippen molar-refractivity contribution < 1.29 is 13.9 Å². The second-order valence-electron chi connectivity index (χ2n) is 7.12. The quantitative estimate of drug-likeness (QED) is 0.290. The molecule has 0 spiro atoms. The van der Waals surface area contributed by atoms with E-state index < -0.39 is 0 Å². The van der Waals surface area contributed by atoms with Crippen LogP contribution in [0.1, 0.15) is 12.5 Å². The van der Waals surface area contributed by atoms with E-state index in [4.69, 9.17) is 44.0 Å². The van der Waals surface area contributed by atoms with E-state index in [1.54, 1.807) is 31.6 Å². The summed E-state index contributed by atoms with van der Waals surface area (Å²) in [5.41, 5.74) is 4.49. The predicted octanol–water partition coefficient (Wildman–Crippen LogP) is 8.11. The third-order valence-corrected chi connectivity index (χ3v) is 6.10. The Morgan fingerprint density at radius 2 is 1.81 bits per heavy atom. The lowest BCUT2D eigenvalue weighted by Gasteiger charge is -2.11. The van der Waals surface area contributed by atoms with Gasteiger partial charge in [0.1, 0.15) is 11.3 Å². The lowest BCUT2D eigenvalue weighted by molar-refractivity contribution is -0.111. The number of carbonyl (C=O) groups is 1. The molecular weight excluding hydrogens is 469 g/mol. The zero-order chi connectivity index (χ0) is 22.8. The summed E-state index contributed by atoms with van der Waals surface area (Å²) in [6, 6.07) is 16.3. The largest absolute Gasteiger partial charge is 0.496 e. The summed E-state index contributed by atoms with van der Waals surface area (Å²) in [5.74, 6) is 0.260. The van der Waals surface area contributed by atoms with Crippen LogP contribution >= 0.6 is 34.8 Å². The maximum Gasteiger partial charge on any atom is 0.248 e. The van der Waals surface area contributed by atoms with E-state index in [0.717, 1.165) is 22.1 Å². The molecule has 0 radical (unpaired) electrons. The van der Waals surface area contributed by atoms with Gasteiger partial charge in [0.05, 0.1) is 29.1 Å². The van der Waals surface area contributed by atoms with Crippen LogP contribution in [0.5, 0.6) is 5.75 Å². The van der Waals surface area contributed by atoms with E-state index in [0.29, 0.717) is 37.7 Å². The van der Waals surface area contributed by atoms with Crippen molar-refractivity contribution in [1.29, 1.82) is 0 Å². The SMILES string of the molecule is COc1cc2occ(-c3ccc(Cl)cc3)c2cc1/C(C)=C/C(=O)Nc1cccc(Cl)c1Cl. The van der Waals surface area contributed by atoms with Crippen molar-refractivity contribution in [2.75, 3.05) is 12.4 Å². The Labute approximate surface area is 200 Å². The molecule has 4 rings (SSSR count). The average molecular weight is 487 g/mol. The zero-order valence-corrected chi connectivity index (χ0v) is 19.5. The number of ether oxygens (including phenoxy) is 1. The van der Waals surface area contributed by atoms with E-state index in [1.807, 2.05) is 43.3 Å². The van der Waals surface area contributed by atoms with Crippen LogP contribution in [0, 0.1) is 0 Å². The van der Waals surface area contributed by atoms with Gasteiger partial charge in [-0.2, -0.15) is 0 Å². The summed E-state index contributed by atoms with van der Waals surface area (Å²) in [7, 11) is 1.58. The number of amides is 1. The molecule has 1 aromatic heterocycles. The number of hydrogen-bond acceptors (Lipinski definition) is 3. The van der Waals surface area contributed by atoms with Gasteiger partial charge in [0.15, 0.2) is 0 Å². The number of carbonyl (C=O) groups excluding carboxylic acids is 1. The third kappa shape index (κ3) is 4.49. The first kappa shape index (κ1) is 22.3. The number of fused-ring (bicyclic) bond motifs is 1. The topological polar surface area (TPSA) is 51.5 Å². The van der Waals surface area contributed by atoms with Gasteiger partial charge in [-0.05, 0) is 48.4 Å². The Bertz CT molecular complexity index is 1340. The molecule has 0 saturated carbocycles. The van der Waals surface area contributed by atoms with E-state index in [9.17, 15) is 4.79 Å². The Kier molecular flexibility index (Phi) is 6.47. The number of methoxy groups -OCH3 is 1. The highest BCUT2D eigenvalue weighted by atomic mass is 35.5. The van der Waals surface area contributed by atoms with Crippen LogP contribution in [0.2, 0.25) is 15.1 Å². The van der Waals surface area contributed by atoms with Gasteiger partial charge in [-0.15, -0.1) is 0 Å². The molecule has 0 aliphatic rings. The molecule has 32 heavy (non-hydrogen) atoms. The number of rotatable bonds is 5. The standard InChI is InChI=1S/C25H18Cl3NO3/c1-14(10-24(30)29-21-5-3-4-20(27)25(21)28)17-11-18-19(15-6-8-16(26)9-7-15)13-32-23(18)12-22(17)31-2/h3-13H,1-2H3,(H,29,30)/b14-10+. The Morgan fingerprint density at radius 3 is 2.53 bits per heavy atom. The first-order chi connectivity index (χ1) is 15.4. The Hall–Kier alpha value is -2.92. The molecule has 0 aliphatic heterocycles. The van der Waals surface area contributed by atoms with Gasteiger partial charge >= 0.3 is 0 Å². The first-order valence-electron chi connectivity index (χ1n) is 9.66. The molecule has 4 nitrogen and oxygen atoms in total. The lowest BCUT2D eigenvalue weighted by atomic mass is 9.99. The molecule has 0 bridgehead atoms. The molecule has 7 heteroatoms. The van der Waals surface area contributed by atoms with Crippen molar-refractivity contribution in [1.82, 2.24) is 0 Å². The van der Waals surface area contributed by atoms with Gasteiger partial charge in [0, 0.05) is 33.7 Å². The van der Waals surface area contributed by atoms with Gasteiger partial charge in [-0.1, -0.05) is 53.0 Å². The Balaban J connectivity index is 1.71. The molecule has 0 unspecified atom stereocenters. The lowest BCUT2D eigenvalue weighted by Crippen LogP contribution is -2.09. The summed E-state index contributed by atoms with van der Waals surface area (Å²) in [4.78, 5) is 12.6. The maximum absolute atomic E-state index is 12.6. The number of nitrogens with one attached hydrogen (secondary N) is 1. The van der Waals surface area contributed by atoms with Crippen LogP contribution in [-0.2, 0) is 4.79 Å². The average Bonchev–Trinajstić information content (AvgIpc) is 3.19. The number of anilines is 1. The van der Waals surface area contributed by atoms with Crippen molar-refractivity contribution in [2.24, 2.45) is 0 Å². The van der Waals surface area contributed by atoms with E-state index in [1.165, 1.54) is 6.08 Å². The summed E-state index contributed by atoms with van der Waals surface area (Å²) < 4.78 is 11.3. The maximum atomic E-state index is 12.6. The van der Waals surface area contributed by atoms with Gasteiger partial charge in [0.2, 0.25) is 5.91 Å². The smallest absolute Gasteiger partial charge is 0.248 e. The summed E-state index contributed by atoms with van der Waals surface area (Å²) in [6.45, 7) is 1.84. The molecule has 1 N–H and O–H groups in total. The molecule has 4 aromatic rings. The minimum absolute atomic E-state index is 0.290. The molecule has 3 aromatic carbocycles. The normalized spacial score (nSPS) is 11.6. The molecule has 0 fully saturated rings. The van der Waals surface area contributed by atoms with Crippen LogP contribution in [0.25, 0.3) is 27.7 Å². The monoisotopic (exact) mass is 485 g/mol. The molecule has 0 atom stereocenters. The van der Waals surface area contributed by atoms with Crippen LogP contribution in [0.4, 0.5) is 5.69 Å². The Morgan fingerprint density at radius 1 is 1.06 bits per heavy atom. The van der Waals surface area contributed by atoms with Crippen molar-refractivity contribution in [3.63, 3.8) is 0 Å². The van der Waals surface area contributed by atoms with Crippen LogP contribution in [0.15, 0.2) is 71.4 Å². The van der Waals surface area contributed by atoms with Crippen molar-refractivity contribution in [3.05, 3.63) is 87.6 Å². The predicted molar refractivity (Wildman–Crippen MR) is 132 cm³/mol. The summed E-state index contributed by atoms with van der Waals surface area (Å²) >= 11 is 18.2. The summed E-state index contributed by atoms with van der Waals surface area (Å²) in [5, 5.41) is 4.98. The minimum atomic E-state index is -0.334. The second kappa shape index (κ2) is 9.29. The highest BCUT2D eigenvalue weighted by Gasteiger charge is 2.15. The van der Waals surface area contributed by atoms with Gasteiger partial charge in [-0.25, -0.2) is 0 Å². The molecule has 1 heterocycles. The number of benzene rings is 3. The first-order valence-corrected chi connectivity index (χ1v) is 10.8. The molecule has 0 saturated heterocycles. The van der Waals surface area contributed by atoms with E-state index in [2.05, 4.69) is 5.32 Å². The molecule has 1 amide bonds. The fourth-order valence-electron chi connectivity index (χ4n) is 3.43. The zero-order valence-electron chi connectivity index (χ0n) is 17.2. The molecule has 0 aliphatic carbocycles. The highest BCUT2D eigenvalue weighted by molar-refractivity contribution is 6.44. The third-order valence-electron chi connectivity index (χ3n) is 5.03. The van der Waals surface area contributed by atoms with Crippen LogP contribution in [-0.4, -0.2) is 13.0 Å². The highest BCUT2D eigenvalue weighted by Crippen LogP contribution is 2.38. The fourth-order valence-corrected chi connectivity index (χ4v) is 3.90. The van der Waals surface area contributed by atoms with Crippen molar-refractivity contribution in [3.8, 4) is 16.9 Å². The van der Waals surface area contributed by atoms with E-state index in [-0.39, 0.29) is 5.91 Å². The fraction of sp³-hybridized carbons (Fsp3) is 0.0800. The van der Waals surface area contributed by atoms with Crippen molar-refractivity contribution in [2.45, 2.75) is 6.92 Å².